The van der Waals surface area contributed by atoms with Crippen molar-refractivity contribution < 1.29 is 4.74 Å². The van der Waals surface area contributed by atoms with E-state index in [4.69, 9.17) is 16.3 Å². The van der Waals surface area contributed by atoms with Crippen molar-refractivity contribution in [2.75, 3.05) is 40.4 Å². The van der Waals surface area contributed by atoms with Crippen molar-refractivity contribution in [1.29, 1.82) is 0 Å². The summed E-state index contributed by atoms with van der Waals surface area (Å²) < 4.78 is 6.83. The second kappa shape index (κ2) is 8.45. The fourth-order valence-electron chi connectivity index (χ4n) is 1.32. The molecule has 17 heavy (non-hydrogen) atoms. The third-order valence-corrected chi connectivity index (χ3v) is 4.82. The van der Waals surface area contributed by atoms with Gasteiger partial charge in [0.1, 0.15) is 4.34 Å². The minimum Gasteiger partial charge on any atom is -0.383 e. The lowest BCUT2D eigenvalue weighted by Crippen LogP contribution is -2.31. The Balaban J connectivity index is 2.11. The predicted molar refractivity (Wildman–Crippen MR) is 78.1 cm³/mol. The van der Waals surface area contributed by atoms with E-state index in [2.05, 4.69) is 39.3 Å². The highest BCUT2D eigenvalue weighted by Gasteiger charge is 2.04. The maximum atomic E-state index is 5.97. The molecule has 1 heterocycles. The summed E-state index contributed by atoms with van der Waals surface area (Å²) in [6.45, 7) is 4.60. The molecule has 0 radical (unpaired) electrons. The van der Waals surface area contributed by atoms with E-state index in [0.717, 1.165) is 41.6 Å². The van der Waals surface area contributed by atoms with E-state index in [1.54, 1.807) is 18.4 Å². The summed E-state index contributed by atoms with van der Waals surface area (Å²) in [5.41, 5.74) is 0. The van der Waals surface area contributed by atoms with Crippen LogP contribution in [-0.2, 0) is 11.3 Å². The molecule has 3 nitrogen and oxygen atoms in total. The SMILES string of the molecule is COCCN(C)CCNCc1cc(Br)c(Cl)s1. The van der Waals surface area contributed by atoms with Gasteiger partial charge < -0.3 is 15.0 Å². The zero-order valence-electron chi connectivity index (χ0n) is 10.1. The van der Waals surface area contributed by atoms with Crippen LogP contribution >= 0.6 is 38.9 Å². The molecule has 0 aliphatic carbocycles. The Morgan fingerprint density at radius 3 is 2.88 bits per heavy atom. The van der Waals surface area contributed by atoms with E-state index in [-0.39, 0.29) is 0 Å². The van der Waals surface area contributed by atoms with Crippen LogP contribution in [0.1, 0.15) is 4.88 Å². The van der Waals surface area contributed by atoms with Crippen LogP contribution in [-0.4, -0.2) is 45.3 Å². The number of halogens is 2. The molecular formula is C11H18BrClN2OS. The molecule has 0 fully saturated rings. The van der Waals surface area contributed by atoms with E-state index in [1.807, 2.05) is 0 Å². The standard InChI is InChI=1S/C11H18BrClN2OS/c1-15(5-6-16-2)4-3-14-8-9-7-10(12)11(13)17-9/h7,14H,3-6,8H2,1-2H3. The Labute approximate surface area is 120 Å². The third kappa shape index (κ3) is 6.18. The third-order valence-electron chi connectivity index (χ3n) is 2.34. The summed E-state index contributed by atoms with van der Waals surface area (Å²) in [6, 6.07) is 2.06. The van der Waals surface area contributed by atoms with Crippen LogP contribution in [0.3, 0.4) is 0 Å². The molecular weight excluding hydrogens is 324 g/mol. The Kier molecular flexibility index (Phi) is 7.66. The minimum absolute atomic E-state index is 0.782. The first-order valence-corrected chi connectivity index (χ1v) is 7.44. The van der Waals surface area contributed by atoms with Crippen LogP contribution in [0, 0.1) is 0 Å². The van der Waals surface area contributed by atoms with Crippen molar-refractivity contribution in [2.45, 2.75) is 6.54 Å². The molecule has 1 aromatic rings. The summed E-state index contributed by atoms with van der Waals surface area (Å²) in [7, 11) is 3.82. The number of likely N-dealkylation sites (N-methyl/N-ethyl adjacent to an activating group) is 1. The Morgan fingerprint density at radius 2 is 2.29 bits per heavy atom. The van der Waals surface area contributed by atoms with Crippen LogP contribution in [0.2, 0.25) is 4.34 Å². The number of hydrogen-bond donors (Lipinski definition) is 1. The first-order valence-electron chi connectivity index (χ1n) is 5.45. The number of nitrogens with one attached hydrogen (secondary N) is 1. The topological polar surface area (TPSA) is 24.5 Å². The highest BCUT2D eigenvalue weighted by molar-refractivity contribution is 9.10. The largest absolute Gasteiger partial charge is 0.383 e. The molecule has 1 N–H and O–H groups in total. The molecule has 0 bridgehead atoms. The first-order chi connectivity index (χ1) is 8.13. The van der Waals surface area contributed by atoms with Gasteiger partial charge in [-0.25, -0.2) is 0 Å². The monoisotopic (exact) mass is 340 g/mol. The second-order valence-corrected chi connectivity index (χ2v) is 6.40. The van der Waals surface area contributed by atoms with Crippen LogP contribution in [0.25, 0.3) is 0 Å². The zero-order valence-corrected chi connectivity index (χ0v) is 13.3. The normalized spacial score (nSPS) is 11.4. The summed E-state index contributed by atoms with van der Waals surface area (Å²) in [5, 5.41) is 3.40. The number of methoxy groups -OCH3 is 1. The molecule has 0 saturated carbocycles. The Hall–Kier alpha value is 0.350. The van der Waals surface area contributed by atoms with Crippen molar-refractivity contribution in [3.63, 3.8) is 0 Å². The van der Waals surface area contributed by atoms with Crippen LogP contribution in [0.4, 0.5) is 0 Å². The summed E-state index contributed by atoms with van der Waals surface area (Å²) in [4.78, 5) is 3.50. The molecule has 0 spiro atoms. The van der Waals surface area contributed by atoms with Gasteiger partial charge in [-0.05, 0) is 29.0 Å². The molecule has 0 aromatic carbocycles. The number of nitrogens with zero attached hydrogens (tertiary/aromatic N) is 1. The van der Waals surface area contributed by atoms with E-state index < -0.39 is 0 Å². The maximum Gasteiger partial charge on any atom is 0.107 e. The van der Waals surface area contributed by atoms with Gasteiger partial charge in [0.25, 0.3) is 0 Å². The van der Waals surface area contributed by atoms with Gasteiger partial charge in [0.05, 0.1) is 6.61 Å². The molecule has 0 amide bonds. The van der Waals surface area contributed by atoms with Crippen molar-refractivity contribution in [3.8, 4) is 0 Å². The first kappa shape index (κ1) is 15.4. The fourth-order valence-corrected chi connectivity index (χ4v) is 3.08. The minimum atomic E-state index is 0.782. The van der Waals surface area contributed by atoms with Crippen LogP contribution in [0.15, 0.2) is 10.5 Å². The number of thiophene rings is 1. The lowest BCUT2D eigenvalue weighted by Gasteiger charge is -2.15. The second-order valence-electron chi connectivity index (χ2n) is 3.81. The highest BCUT2D eigenvalue weighted by atomic mass is 79.9. The quantitative estimate of drug-likeness (QED) is 0.736. The summed E-state index contributed by atoms with van der Waals surface area (Å²) in [5.74, 6) is 0. The number of ether oxygens (including phenoxy) is 1. The Morgan fingerprint density at radius 1 is 1.53 bits per heavy atom. The van der Waals surface area contributed by atoms with Gasteiger partial charge in [-0.2, -0.15) is 0 Å². The van der Waals surface area contributed by atoms with Gasteiger partial charge in [-0.15, -0.1) is 11.3 Å². The highest BCUT2D eigenvalue weighted by Crippen LogP contribution is 2.31. The lowest BCUT2D eigenvalue weighted by atomic mass is 10.4. The molecule has 1 rings (SSSR count). The number of rotatable bonds is 8. The maximum absolute atomic E-state index is 5.97. The molecule has 0 unspecified atom stereocenters. The van der Waals surface area contributed by atoms with Crippen LogP contribution in [0.5, 0.6) is 0 Å². The molecule has 6 heteroatoms. The molecule has 1 aromatic heterocycles. The summed E-state index contributed by atoms with van der Waals surface area (Å²) >= 11 is 11.0. The van der Waals surface area contributed by atoms with E-state index in [0.29, 0.717) is 0 Å². The van der Waals surface area contributed by atoms with E-state index in [1.165, 1.54) is 4.88 Å². The Bertz CT molecular complexity index is 316. The van der Waals surface area contributed by atoms with Gasteiger partial charge in [0.15, 0.2) is 0 Å². The van der Waals surface area contributed by atoms with E-state index in [9.17, 15) is 0 Å². The lowest BCUT2D eigenvalue weighted by molar-refractivity contribution is 0.161. The van der Waals surface area contributed by atoms with Crippen LogP contribution < -0.4 is 5.32 Å². The molecule has 0 aliphatic heterocycles. The molecule has 98 valence electrons. The zero-order chi connectivity index (χ0) is 12.7. The molecule has 0 atom stereocenters. The number of hydrogen-bond acceptors (Lipinski definition) is 4. The average molecular weight is 342 g/mol. The van der Waals surface area contributed by atoms with Gasteiger partial charge in [-0.3, -0.25) is 0 Å². The predicted octanol–water partition coefficient (Wildman–Crippen LogP) is 2.83. The smallest absolute Gasteiger partial charge is 0.107 e. The molecule has 0 aliphatic rings. The fraction of sp³-hybridized carbons (Fsp3) is 0.636. The van der Waals surface area contributed by atoms with Crippen molar-refractivity contribution in [1.82, 2.24) is 10.2 Å². The van der Waals surface area contributed by atoms with Gasteiger partial charge in [-0.1, -0.05) is 11.6 Å². The molecule has 0 saturated heterocycles. The summed E-state index contributed by atoms with van der Waals surface area (Å²) in [6.07, 6.45) is 0. The van der Waals surface area contributed by atoms with Gasteiger partial charge in [0, 0.05) is 42.6 Å². The van der Waals surface area contributed by atoms with E-state index >= 15 is 0 Å². The van der Waals surface area contributed by atoms with Crippen molar-refractivity contribution in [2.24, 2.45) is 0 Å². The van der Waals surface area contributed by atoms with Gasteiger partial charge >= 0.3 is 0 Å². The van der Waals surface area contributed by atoms with Crippen molar-refractivity contribution in [3.05, 3.63) is 19.8 Å². The van der Waals surface area contributed by atoms with Gasteiger partial charge in [0.2, 0.25) is 0 Å². The average Bonchev–Trinajstić information content (AvgIpc) is 2.61. The van der Waals surface area contributed by atoms with Crippen molar-refractivity contribution >= 4 is 38.9 Å².